The Labute approximate surface area is 295 Å². The van der Waals surface area contributed by atoms with Gasteiger partial charge < -0.3 is 9.13 Å². The van der Waals surface area contributed by atoms with Crippen LogP contribution >= 0.6 is 0 Å². The standard InChI is InChI=1S/C46H33N5/c1-30-15-14-26-42-43(30)38-22-10-13-25-41(38)51(42)35-28-33(27-34(29-35)50-39-23-11-8-20-36(39)37-21-9-12-24-40(37)50)46-48-44(31-16-4-2-5-17-31)47-45(49-46)32-18-6-3-7-19-32/h2-14,16-30H,15H2,1H3. The third-order valence-electron chi connectivity index (χ3n) is 10.2. The first-order chi connectivity index (χ1) is 25.2. The van der Waals surface area contributed by atoms with Crippen LogP contribution in [0.25, 0.3) is 84.3 Å². The van der Waals surface area contributed by atoms with E-state index < -0.39 is 0 Å². The highest BCUT2D eigenvalue weighted by molar-refractivity contribution is 6.09. The highest BCUT2D eigenvalue weighted by Gasteiger charge is 2.24. The minimum Gasteiger partial charge on any atom is -0.309 e. The number of allylic oxidation sites excluding steroid dienone is 1. The lowest BCUT2D eigenvalue weighted by Crippen LogP contribution is -2.06. The van der Waals surface area contributed by atoms with Crippen LogP contribution in [0.5, 0.6) is 0 Å². The maximum Gasteiger partial charge on any atom is 0.164 e. The Hall–Kier alpha value is -6.59. The molecule has 1 aliphatic rings. The molecule has 0 N–H and O–H groups in total. The summed E-state index contributed by atoms with van der Waals surface area (Å²) >= 11 is 0. The summed E-state index contributed by atoms with van der Waals surface area (Å²) in [4.78, 5) is 15.3. The lowest BCUT2D eigenvalue weighted by molar-refractivity contribution is 0.773. The maximum atomic E-state index is 5.18. The molecule has 0 aliphatic heterocycles. The molecule has 3 aromatic heterocycles. The third-order valence-corrected chi connectivity index (χ3v) is 10.2. The molecule has 0 amide bonds. The second kappa shape index (κ2) is 11.8. The van der Waals surface area contributed by atoms with Gasteiger partial charge in [0.15, 0.2) is 17.5 Å². The molecule has 0 saturated heterocycles. The van der Waals surface area contributed by atoms with Crippen molar-refractivity contribution in [3.63, 3.8) is 0 Å². The fraction of sp³-hybridized carbons (Fsp3) is 0.0652. The summed E-state index contributed by atoms with van der Waals surface area (Å²) in [5.41, 5.74) is 11.0. The van der Waals surface area contributed by atoms with Crippen molar-refractivity contribution >= 4 is 38.8 Å². The number of nitrogens with zero attached hydrogens (tertiary/aromatic N) is 5. The Kier molecular flexibility index (Phi) is 6.78. The number of hydrogen-bond donors (Lipinski definition) is 0. The second-order valence-electron chi connectivity index (χ2n) is 13.3. The summed E-state index contributed by atoms with van der Waals surface area (Å²) in [5, 5.41) is 3.74. The molecule has 1 unspecified atom stereocenters. The lowest BCUT2D eigenvalue weighted by Gasteiger charge is -2.19. The number of fused-ring (bicyclic) bond motifs is 6. The van der Waals surface area contributed by atoms with Crippen LogP contribution < -0.4 is 0 Å². The van der Waals surface area contributed by atoms with E-state index in [2.05, 4.69) is 143 Å². The van der Waals surface area contributed by atoms with Gasteiger partial charge in [-0.05, 0) is 60.4 Å². The van der Waals surface area contributed by atoms with Crippen LogP contribution in [-0.2, 0) is 0 Å². The van der Waals surface area contributed by atoms with Crippen molar-refractivity contribution in [1.29, 1.82) is 0 Å². The quantitative estimate of drug-likeness (QED) is 0.185. The van der Waals surface area contributed by atoms with Gasteiger partial charge in [0.05, 0.1) is 16.6 Å². The zero-order valence-electron chi connectivity index (χ0n) is 28.1. The van der Waals surface area contributed by atoms with Crippen LogP contribution in [0.2, 0.25) is 0 Å². The van der Waals surface area contributed by atoms with E-state index in [1.165, 1.54) is 32.9 Å². The fourth-order valence-corrected chi connectivity index (χ4v) is 7.87. The van der Waals surface area contributed by atoms with Gasteiger partial charge in [-0.1, -0.05) is 128 Å². The Morgan fingerprint density at radius 3 is 1.49 bits per heavy atom. The van der Waals surface area contributed by atoms with Gasteiger partial charge in [-0.25, -0.2) is 15.0 Å². The normalized spacial score (nSPS) is 14.0. The summed E-state index contributed by atoms with van der Waals surface area (Å²) in [6, 6.07) is 53.3. The Morgan fingerprint density at radius 1 is 0.471 bits per heavy atom. The molecule has 0 fully saturated rings. The molecule has 10 rings (SSSR count). The monoisotopic (exact) mass is 655 g/mol. The average Bonchev–Trinajstić information content (AvgIpc) is 3.72. The molecule has 242 valence electrons. The second-order valence-corrected chi connectivity index (χ2v) is 13.3. The van der Waals surface area contributed by atoms with Gasteiger partial charge in [0, 0.05) is 49.9 Å². The largest absolute Gasteiger partial charge is 0.309 e. The predicted octanol–water partition coefficient (Wildman–Crippen LogP) is 11.4. The molecule has 0 bridgehead atoms. The van der Waals surface area contributed by atoms with Crippen LogP contribution in [0.15, 0.2) is 158 Å². The first-order valence-electron chi connectivity index (χ1n) is 17.5. The molecule has 0 radical (unpaired) electrons. The molecule has 3 heterocycles. The lowest BCUT2D eigenvalue weighted by atomic mass is 9.91. The Bertz CT molecular complexity index is 2680. The van der Waals surface area contributed by atoms with Gasteiger partial charge in [-0.15, -0.1) is 0 Å². The molecule has 5 nitrogen and oxygen atoms in total. The van der Waals surface area contributed by atoms with E-state index in [0.717, 1.165) is 45.5 Å². The molecule has 1 aliphatic carbocycles. The topological polar surface area (TPSA) is 48.5 Å². The van der Waals surface area contributed by atoms with Crippen molar-refractivity contribution in [1.82, 2.24) is 24.1 Å². The molecule has 9 aromatic rings. The fourth-order valence-electron chi connectivity index (χ4n) is 7.87. The molecule has 51 heavy (non-hydrogen) atoms. The van der Waals surface area contributed by atoms with Crippen LogP contribution in [0.1, 0.15) is 30.5 Å². The van der Waals surface area contributed by atoms with Crippen molar-refractivity contribution in [3.8, 4) is 45.5 Å². The first kappa shape index (κ1) is 29.3. The SMILES string of the molecule is CC1CC=Cc2c1c1ccccc1n2-c1cc(-c2nc(-c3ccccc3)nc(-c3ccccc3)n2)cc(-n2c3ccccc3c3ccccc32)c1. The zero-order valence-corrected chi connectivity index (χ0v) is 28.1. The van der Waals surface area contributed by atoms with E-state index in [1.54, 1.807) is 0 Å². The van der Waals surface area contributed by atoms with Gasteiger partial charge in [-0.2, -0.15) is 0 Å². The van der Waals surface area contributed by atoms with E-state index in [4.69, 9.17) is 15.0 Å². The predicted molar refractivity (Wildman–Crippen MR) is 209 cm³/mol. The minimum absolute atomic E-state index is 0.418. The highest BCUT2D eigenvalue weighted by atomic mass is 15.0. The minimum atomic E-state index is 0.418. The van der Waals surface area contributed by atoms with Gasteiger partial charge in [0.2, 0.25) is 0 Å². The van der Waals surface area contributed by atoms with E-state index in [9.17, 15) is 0 Å². The molecule has 6 aromatic carbocycles. The van der Waals surface area contributed by atoms with Crippen molar-refractivity contribution in [2.45, 2.75) is 19.3 Å². The van der Waals surface area contributed by atoms with Crippen molar-refractivity contribution < 1.29 is 0 Å². The number of benzene rings is 6. The summed E-state index contributed by atoms with van der Waals surface area (Å²) in [6.45, 7) is 2.33. The molecular formula is C46H33N5. The molecule has 0 saturated carbocycles. The number of para-hydroxylation sites is 3. The van der Waals surface area contributed by atoms with Crippen molar-refractivity contribution in [2.75, 3.05) is 0 Å². The van der Waals surface area contributed by atoms with Crippen LogP contribution in [0.4, 0.5) is 0 Å². The Morgan fingerprint density at radius 2 is 0.922 bits per heavy atom. The smallest absolute Gasteiger partial charge is 0.164 e. The molecular weight excluding hydrogens is 623 g/mol. The van der Waals surface area contributed by atoms with E-state index in [1.807, 2.05) is 36.4 Å². The van der Waals surface area contributed by atoms with Crippen LogP contribution in [-0.4, -0.2) is 24.1 Å². The van der Waals surface area contributed by atoms with Gasteiger partial charge >= 0.3 is 0 Å². The molecule has 5 heteroatoms. The summed E-state index contributed by atoms with van der Waals surface area (Å²) in [7, 11) is 0. The van der Waals surface area contributed by atoms with Crippen LogP contribution in [0.3, 0.4) is 0 Å². The van der Waals surface area contributed by atoms with E-state index in [0.29, 0.717) is 23.4 Å². The van der Waals surface area contributed by atoms with Gasteiger partial charge in [0.1, 0.15) is 0 Å². The van der Waals surface area contributed by atoms with Gasteiger partial charge in [0.25, 0.3) is 0 Å². The summed E-state index contributed by atoms with van der Waals surface area (Å²) in [6.07, 6.45) is 5.64. The third kappa shape index (κ3) is 4.81. The van der Waals surface area contributed by atoms with Crippen molar-refractivity contribution in [3.05, 3.63) is 169 Å². The zero-order chi connectivity index (χ0) is 33.9. The average molecular weight is 656 g/mol. The number of aromatic nitrogens is 5. The number of hydrogen-bond acceptors (Lipinski definition) is 3. The first-order valence-corrected chi connectivity index (χ1v) is 17.5. The van der Waals surface area contributed by atoms with E-state index >= 15 is 0 Å². The molecule has 0 spiro atoms. The molecule has 1 atom stereocenters. The Balaban J connectivity index is 1.30. The van der Waals surface area contributed by atoms with Crippen molar-refractivity contribution in [2.24, 2.45) is 0 Å². The summed E-state index contributed by atoms with van der Waals surface area (Å²) in [5.74, 6) is 2.33. The summed E-state index contributed by atoms with van der Waals surface area (Å²) < 4.78 is 4.81. The van der Waals surface area contributed by atoms with Gasteiger partial charge in [-0.3, -0.25) is 0 Å². The maximum absolute atomic E-state index is 5.18. The highest BCUT2D eigenvalue weighted by Crippen LogP contribution is 2.41. The number of rotatable bonds is 5. The van der Waals surface area contributed by atoms with Crippen LogP contribution in [0, 0.1) is 0 Å². The van der Waals surface area contributed by atoms with E-state index in [-0.39, 0.29) is 0 Å².